The topological polar surface area (TPSA) is 62.4 Å². The highest BCUT2D eigenvalue weighted by atomic mass is 15.3. The number of guanidine groups is 1. The Morgan fingerprint density at radius 3 is 2.67 bits per heavy atom. The molecule has 0 aromatic carbocycles. The molecule has 4 nitrogen and oxygen atoms in total. The van der Waals surface area contributed by atoms with Crippen LogP contribution in [0.25, 0.3) is 0 Å². The lowest BCUT2D eigenvalue weighted by Gasteiger charge is -2.24. The maximum absolute atomic E-state index is 5.41. The van der Waals surface area contributed by atoms with Crippen LogP contribution in [0.5, 0.6) is 0 Å². The van der Waals surface area contributed by atoms with E-state index in [0.717, 1.165) is 0 Å². The van der Waals surface area contributed by atoms with Gasteiger partial charge in [-0.05, 0) is 13.8 Å². The maximum Gasteiger partial charge on any atom is 0.191 e. The molecule has 0 fully saturated rings. The maximum atomic E-state index is 5.41. The number of nitrogens with zero attached hydrogens (tertiary/aromatic N) is 1. The molecule has 1 rings (SSSR count). The van der Waals surface area contributed by atoms with Gasteiger partial charge in [-0.3, -0.25) is 5.32 Å². The smallest absolute Gasteiger partial charge is 0.191 e. The summed E-state index contributed by atoms with van der Waals surface area (Å²) in [7, 11) is 0. The van der Waals surface area contributed by atoms with Gasteiger partial charge in [0.2, 0.25) is 0 Å². The first-order valence-corrected chi connectivity index (χ1v) is 3.04. The van der Waals surface area contributed by atoms with Gasteiger partial charge >= 0.3 is 0 Å². The number of nitrogens with one attached hydrogen (secondary N) is 2. The molecule has 2 atom stereocenters. The van der Waals surface area contributed by atoms with Crippen LogP contribution in [-0.2, 0) is 0 Å². The van der Waals surface area contributed by atoms with E-state index in [1.165, 1.54) is 0 Å². The molecule has 4 heteroatoms. The van der Waals surface area contributed by atoms with Crippen LogP contribution < -0.4 is 16.4 Å². The summed E-state index contributed by atoms with van der Waals surface area (Å²) in [6.07, 6.45) is 0.374. The Morgan fingerprint density at radius 1 is 1.56 bits per heavy atom. The Hall–Kier alpha value is -0.770. The minimum atomic E-state index is 0.140. The summed E-state index contributed by atoms with van der Waals surface area (Å²) < 4.78 is 0. The lowest BCUT2D eigenvalue weighted by Crippen LogP contribution is -2.54. The number of hydrogen-bond donors (Lipinski definition) is 3. The van der Waals surface area contributed by atoms with Crippen molar-refractivity contribution in [3.8, 4) is 0 Å². The Kier molecular flexibility index (Phi) is 1.57. The summed E-state index contributed by atoms with van der Waals surface area (Å²) in [5, 5.41) is 6.06. The van der Waals surface area contributed by atoms with Crippen molar-refractivity contribution in [2.24, 2.45) is 10.7 Å². The third-order valence-electron chi connectivity index (χ3n) is 1.19. The van der Waals surface area contributed by atoms with Crippen molar-refractivity contribution in [2.75, 3.05) is 0 Å². The van der Waals surface area contributed by atoms with Gasteiger partial charge in [-0.1, -0.05) is 0 Å². The first kappa shape index (κ1) is 6.35. The minimum absolute atomic E-state index is 0.140. The Morgan fingerprint density at radius 2 is 2.22 bits per heavy atom. The van der Waals surface area contributed by atoms with Gasteiger partial charge in [0.05, 0.1) is 6.17 Å². The molecule has 0 amide bonds. The second kappa shape index (κ2) is 2.23. The van der Waals surface area contributed by atoms with E-state index < -0.39 is 0 Å². The normalized spacial score (nSPS) is 35.1. The fraction of sp³-hybridized carbons (Fsp3) is 0.800. The summed E-state index contributed by atoms with van der Waals surface area (Å²) in [4.78, 5) is 4.01. The van der Waals surface area contributed by atoms with Crippen LogP contribution in [0.3, 0.4) is 0 Å². The van der Waals surface area contributed by atoms with E-state index >= 15 is 0 Å². The van der Waals surface area contributed by atoms with Gasteiger partial charge < -0.3 is 11.1 Å². The van der Waals surface area contributed by atoms with Crippen molar-refractivity contribution in [1.29, 1.82) is 0 Å². The van der Waals surface area contributed by atoms with Crippen molar-refractivity contribution < 1.29 is 0 Å². The molecule has 1 heterocycles. The fourth-order valence-electron chi connectivity index (χ4n) is 0.908. The van der Waals surface area contributed by atoms with Crippen molar-refractivity contribution in [3.05, 3.63) is 0 Å². The van der Waals surface area contributed by atoms with Crippen LogP contribution >= 0.6 is 0 Å². The van der Waals surface area contributed by atoms with Crippen LogP contribution in [-0.4, -0.2) is 18.3 Å². The summed E-state index contributed by atoms with van der Waals surface area (Å²) in [5.41, 5.74) is 5.41. The molecule has 0 aliphatic carbocycles. The van der Waals surface area contributed by atoms with E-state index in [1.807, 2.05) is 13.8 Å². The van der Waals surface area contributed by atoms with Crippen LogP contribution in [0, 0.1) is 0 Å². The highest BCUT2D eigenvalue weighted by molar-refractivity contribution is 5.78. The standard InChI is InChI=1S/C5H12N4/c1-3-7-4(2)9-5(6)8-3/h3-4,7H,1-2H3,(H3,6,8,9). The Bertz CT molecular complexity index is 131. The average Bonchev–Trinajstić information content (AvgIpc) is 1.59. The van der Waals surface area contributed by atoms with Crippen molar-refractivity contribution in [1.82, 2.24) is 10.6 Å². The quantitative estimate of drug-likeness (QED) is 0.399. The van der Waals surface area contributed by atoms with Crippen LogP contribution in [0.2, 0.25) is 0 Å². The van der Waals surface area contributed by atoms with E-state index in [1.54, 1.807) is 0 Å². The lowest BCUT2D eigenvalue weighted by molar-refractivity contribution is 0.430. The second-order valence-electron chi connectivity index (χ2n) is 2.22. The molecular formula is C5H12N4. The van der Waals surface area contributed by atoms with Crippen LogP contribution in [0.4, 0.5) is 0 Å². The molecule has 2 unspecified atom stereocenters. The molecule has 0 spiro atoms. The summed E-state index contributed by atoms with van der Waals surface area (Å²) >= 11 is 0. The zero-order valence-corrected chi connectivity index (χ0v) is 5.68. The Balaban J connectivity index is 2.56. The molecule has 0 aromatic heterocycles. The predicted octanol–water partition coefficient (Wildman–Crippen LogP) is -0.814. The number of rotatable bonds is 0. The first-order chi connectivity index (χ1) is 4.18. The minimum Gasteiger partial charge on any atom is -0.370 e. The van der Waals surface area contributed by atoms with E-state index in [4.69, 9.17) is 5.73 Å². The average molecular weight is 128 g/mol. The van der Waals surface area contributed by atoms with E-state index in [2.05, 4.69) is 15.6 Å². The zero-order valence-electron chi connectivity index (χ0n) is 5.68. The van der Waals surface area contributed by atoms with Crippen molar-refractivity contribution in [2.45, 2.75) is 26.2 Å². The predicted molar refractivity (Wildman–Crippen MR) is 36.8 cm³/mol. The van der Waals surface area contributed by atoms with Crippen LogP contribution in [0.1, 0.15) is 13.8 Å². The second-order valence-corrected chi connectivity index (χ2v) is 2.22. The Labute approximate surface area is 54.5 Å². The number of nitrogens with two attached hydrogens (primary N) is 1. The first-order valence-electron chi connectivity index (χ1n) is 3.04. The fourth-order valence-corrected chi connectivity index (χ4v) is 0.908. The van der Waals surface area contributed by atoms with Crippen LogP contribution in [0.15, 0.2) is 4.99 Å². The molecule has 9 heavy (non-hydrogen) atoms. The highest BCUT2D eigenvalue weighted by Gasteiger charge is 2.11. The van der Waals surface area contributed by atoms with Gasteiger partial charge in [0.25, 0.3) is 0 Å². The van der Waals surface area contributed by atoms with Crippen molar-refractivity contribution >= 4 is 5.96 Å². The third-order valence-corrected chi connectivity index (χ3v) is 1.19. The molecule has 1 aliphatic rings. The zero-order chi connectivity index (χ0) is 6.85. The van der Waals surface area contributed by atoms with Gasteiger partial charge in [0, 0.05) is 0 Å². The van der Waals surface area contributed by atoms with Gasteiger partial charge in [-0.2, -0.15) is 0 Å². The molecule has 1 aliphatic heterocycles. The van der Waals surface area contributed by atoms with E-state index in [9.17, 15) is 0 Å². The highest BCUT2D eigenvalue weighted by Crippen LogP contribution is 1.90. The monoisotopic (exact) mass is 128 g/mol. The summed E-state index contributed by atoms with van der Waals surface area (Å²) in [6.45, 7) is 3.96. The molecule has 0 saturated heterocycles. The summed E-state index contributed by atoms with van der Waals surface area (Å²) in [5.74, 6) is 0.522. The van der Waals surface area contributed by atoms with Gasteiger partial charge in [-0.15, -0.1) is 0 Å². The van der Waals surface area contributed by atoms with E-state index in [-0.39, 0.29) is 12.3 Å². The molecular weight excluding hydrogens is 116 g/mol. The number of hydrogen-bond acceptors (Lipinski definition) is 4. The van der Waals surface area contributed by atoms with Gasteiger partial charge in [0.15, 0.2) is 5.96 Å². The lowest BCUT2D eigenvalue weighted by atomic mass is 10.4. The molecule has 52 valence electrons. The largest absolute Gasteiger partial charge is 0.370 e. The molecule has 0 radical (unpaired) electrons. The third kappa shape index (κ3) is 1.57. The summed E-state index contributed by atoms with van der Waals surface area (Å²) in [6, 6.07) is 0. The number of aliphatic imine (C=N–C) groups is 1. The molecule has 0 aromatic rings. The molecule has 0 saturated carbocycles. The molecule has 4 N–H and O–H groups in total. The van der Waals surface area contributed by atoms with E-state index in [0.29, 0.717) is 5.96 Å². The SMILES string of the molecule is CC1N=C(N)NC(C)N1. The molecule has 0 bridgehead atoms. The van der Waals surface area contributed by atoms with Crippen molar-refractivity contribution in [3.63, 3.8) is 0 Å². The van der Waals surface area contributed by atoms with Gasteiger partial charge in [-0.25, -0.2) is 4.99 Å². The van der Waals surface area contributed by atoms with Gasteiger partial charge in [0.1, 0.15) is 6.17 Å².